The second-order valence-corrected chi connectivity index (χ2v) is 5.00. The first-order valence-electron chi connectivity index (χ1n) is 6.10. The fourth-order valence-electron chi connectivity index (χ4n) is 2.33. The van der Waals surface area contributed by atoms with E-state index in [2.05, 4.69) is 33.9 Å². The average Bonchev–Trinajstić information content (AvgIpc) is 2.75. The standard InChI is InChI=1S/C11H19N5O2/c1-15(2)7-8-3-5-16(6-4-8)11(17)9-10(12)14-18-13-9/h8H,3-7H2,1-2H3,(H2,12,14). The molecule has 1 aliphatic heterocycles. The van der Waals surface area contributed by atoms with Crippen molar-refractivity contribution >= 4 is 11.7 Å². The average molecular weight is 253 g/mol. The lowest BCUT2D eigenvalue weighted by molar-refractivity contribution is 0.0668. The highest BCUT2D eigenvalue weighted by atomic mass is 16.6. The van der Waals surface area contributed by atoms with Gasteiger partial charge in [-0.3, -0.25) is 4.79 Å². The molecule has 0 aromatic carbocycles. The SMILES string of the molecule is CN(C)CC1CCN(C(=O)c2nonc2N)CC1. The number of piperidine rings is 1. The van der Waals surface area contributed by atoms with Crippen LogP contribution >= 0.6 is 0 Å². The minimum Gasteiger partial charge on any atom is -0.379 e. The maximum atomic E-state index is 12.1. The van der Waals surface area contributed by atoms with Crippen molar-refractivity contribution in [2.45, 2.75) is 12.8 Å². The lowest BCUT2D eigenvalue weighted by atomic mass is 9.96. The zero-order valence-electron chi connectivity index (χ0n) is 10.8. The van der Waals surface area contributed by atoms with Gasteiger partial charge in [-0.05, 0) is 43.2 Å². The highest BCUT2D eigenvalue weighted by Gasteiger charge is 2.27. The molecule has 2 rings (SSSR count). The summed E-state index contributed by atoms with van der Waals surface area (Å²) >= 11 is 0. The smallest absolute Gasteiger partial charge is 0.280 e. The molecule has 1 amide bonds. The van der Waals surface area contributed by atoms with E-state index in [1.165, 1.54) is 0 Å². The monoisotopic (exact) mass is 253 g/mol. The zero-order valence-corrected chi connectivity index (χ0v) is 10.8. The van der Waals surface area contributed by atoms with E-state index in [9.17, 15) is 4.79 Å². The van der Waals surface area contributed by atoms with Crippen LogP contribution in [0.3, 0.4) is 0 Å². The number of nitrogens with zero attached hydrogens (tertiary/aromatic N) is 4. The van der Waals surface area contributed by atoms with Gasteiger partial charge >= 0.3 is 0 Å². The fraction of sp³-hybridized carbons (Fsp3) is 0.727. The summed E-state index contributed by atoms with van der Waals surface area (Å²) in [5.74, 6) is 0.532. The van der Waals surface area contributed by atoms with Crippen LogP contribution in [0.2, 0.25) is 0 Å². The molecule has 0 saturated carbocycles. The number of carbonyl (C=O) groups is 1. The molecule has 100 valence electrons. The molecule has 0 spiro atoms. The number of carbonyl (C=O) groups excluding carboxylic acids is 1. The number of aromatic nitrogens is 2. The Morgan fingerprint density at radius 3 is 2.61 bits per heavy atom. The molecule has 0 radical (unpaired) electrons. The third-order valence-electron chi connectivity index (χ3n) is 3.24. The van der Waals surface area contributed by atoms with Crippen LogP contribution in [0.1, 0.15) is 23.3 Å². The minimum atomic E-state index is -0.183. The number of rotatable bonds is 3. The van der Waals surface area contributed by atoms with E-state index in [1.54, 1.807) is 4.90 Å². The van der Waals surface area contributed by atoms with Gasteiger partial charge in [-0.15, -0.1) is 0 Å². The minimum absolute atomic E-state index is 0.0652. The van der Waals surface area contributed by atoms with Gasteiger partial charge in [0, 0.05) is 19.6 Å². The first-order chi connectivity index (χ1) is 8.58. The Hall–Kier alpha value is -1.63. The van der Waals surface area contributed by atoms with Crippen molar-refractivity contribution in [1.29, 1.82) is 0 Å². The molecule has 1 fully saturated rings. The summed E-state index contributed by atoms with van der Waals surface area (Å²) in [6, 6.07) is 0. The van der Waals surface area contributed by atoms with Gasteiger partial charge in [0.15, 0.2) is 0 Å². The van der Waals surface area contributed by atoms with Crippen LogP contribution in [0.4, 0.5) is 5.82 Å². The van der Waals surface area contributed by atoms with Crippen molar-refractivity contribution in [3.05, 3.63) is 5.69 Å². The van der Waals surface area contributed by atoms with Crippen molar-refractivity contribution in [3.8, 4) is 0 Å². The molecule has 7 nitrogen and oxygen atoms in total. The quantitative estimate of drug-likeness (QED) is 0.819. The summed E-state index contributed by atoms with van der Waals surface area (Å²) in [5.41, 5.74) is 5.65. The summed E-state index contributed by atoms with van der Waals surface area (Å²) in [6.45, 7) is 2.54. The van der Waals surface area contributed by atoms with Gasteiger partial charge in [-0.2, -0.15) is 0 Å². The van der Waals surface area contributed by atoms with E-state index in [-0.39, 0.29) is 17.4 Å². The normalized spacial score (nSPS) is 17.4. The molecule has 18 heavy (non-hydrogen) atoms. The first-order valence-corrected chi connectivity index (χ1v) is 6.10. The molecule has 1 aromatic heterocycles. The van der Waals surface area contributed by atoms with Gasteiger partial charge in [-0.1, -0.05) is 0 Å². The van der Waals surface area contributed by atoms with Crippen molar-refractivity contribution in [1.82, 2.24) is 20.1 Å². The summed E-state index contributed by atoms with van der Waals surface area (Å²) in [4.78, 5) is 16.0. The molecule has 1 saturated heterocycles. The summed E-state index contributed by atoms with van der Waals surface area (Å²) in [6.07, 6.45) is 2.02. The maximum Gasteiger partial charge on any atom is 0.280 e. The Labute approximate surface area is 106 Å². The predicted molar refractivity (Wildman–Crippen MR) is 65.9 cm³/mol. The molecular formula is C11H19N5O2. The van der Waals surface area contributed by atoms with Gasteiger partial charge in [0.2, 0.25) is 11.5 Å². The van der Waals surface area contributed by atoms with Crippen LogP contribution in [0.25, 0.3) is 0 Å². The van der Waals surface area contributed by atoms with Crippen LogP contribution in [0.15, 0.2) is 4.63 Å². The maximum absolute atomic E-state index is 12.1. The molecule has 1 aliphatic rings. The molecule has 0 atom stereocenters. The lowest BCUT2D eigenvalue weighted by Gasteiger charge is -2.32. The van der Waals surface area contributed by atoms with Crippen molar-refractivity contribution in [2.24, 2.45) is 5.92 Å². The number of nitrogen functional groups attached to an aromatic ring is 1. The molecular weight excluding hydrogens is 234 g/mol. The summed E-state index contributed by atoms with van der Waals surface area (Å²) in [5, 5.41) is 6.97. The van der Waals surface area contributed by atoms with E-state index in [1.807, 2.05) is 0 Å². The highest BCUT2D eigenvalue weighted by Crippen LogP contribution is 2.20. The van der Waals surface area contributed by atoms with Gasteiger partial charge in [-0.25, -0.2) is 4.63 Å². The van der Waals surface area contributed by atoms with Crippen molar-refractivity contribution < 1.29 is 9.42 Å². The van der Waals surface area contributed by atoms with E-state index in [0.717, 1.165) is 32.5 Å². The number of likely N-dealkylation sites (tertiary alicyclic amines) is 1. The van der Waals surface area contributed by atoms with Crippen molar-refractivity contribution in [2.75, 3.05) is 39.5 Å². The fourth-order valence-corrected chi connectivity index (χ4v) is 2.33. The lowest BCUT2D eigenvalue weighted by Crippen LogP contribution is -2.41. The zero-order chi connectivity index (χ0) is 13.1. The molecule has 1 aromatic rings. The van der Waals surface area contributed by atoms with E-state index >= 15 is 0 Å². The Kier molecular flexibility index (Phi) is 3.81. The molecule has 2 N–H and O–H groups in total. The summed E-state index contributed by atoms with van der Waals surface area (Å²) in [7, 11) is 4.14. The topological polar surface area (TPSA) is 88.5 Å². The first kappa shape index (κ1) is 12.8. The van der Waals surface area contributed by atoms with Crippen molar-refractivity contribution in [3.63, 3.8) is 0 Å². The number of nitrogens with two attached hydrogens (primary N) is 1. The van der Waals surface area contributed by atoms with Crippen LogP contribution in [0, 0.1) is 5.92 Å². The Bertz CT molecular complexity index is 409. The van der Waals surface area contributed by atoms with Crippen LogP contribution in [-0.2, 0) is 0 Å². The number of amides is 1. The molecule has 2 heterocycles. The molecule has 7 heteroatoms. The van der Waals surface area contributed by atoms with Gasteiger partial charge in [0.1, 0.15) is 0 Å². The second kappa shape index (κ2) is 5.34. The number of hydrogen-bond donors (Lipinski definition) is 1. The van der Waals surface area contributed by atoms with Gasteiger partial charge in [0.05, 0.1) is 0 Å². The summed E-state index contributed by atoms with van der Waals surface area (Å²) < 4.78 is 4.45. The largest absolute Gasteiger partial charge is 0.379 e. The third-order valence-corrected chi connectivity index (χ3v) is 3.24. The number of anilines is 1. The highest BCUT2D eigenvalue weighted by molar-refractivity contribution is 5.96. The van der Waals surface area contributed by atoms with Crippen LogP contribution in [0.5, 0.6) is 0 Å². The molecule has 0 unspecified atom stereocenters. The third kappa shape index (κ3) is 2.79. The van der Waals surface area contributed by atoms with E-state index in [0.29, 0.717) is 5.92 Å². The predicted octanol–water partition coefficient (Wildman–Crippen LogP) is 0.0656. The van der Waals surface area contributed by atoms with Gasteiger partial charge in [0.25, 0.3) is 5.91 Å². The Balaban J connectivity index is 1.90. The van der Waals surface area contributed by atoms with Crippen LogP contribution in [-0.4, -0.2) is 59.7 Å². The van der Waals surface area contributed by atoms with E-state index < -0.39 is 0 Å². The van der Waals surface area contributed by atoms with E-state index in [4.69, 9.17) is 5.73 Å². The number of hydrogen-bond acceptors (Lipinski definition) is 6. The second-order valence-electron chi connectivity index (χ2n) is 5.00. The van der Waals surface area contributed by atoms with Gasteiger partial charge < -0.3 is 15.5 Å². The Morgan fingerprint density at radius 1 is 1.44 bits per heavy atom. The Morgan fingerprint density at radius 2 is 2.11 bits per heavy atom. The molecule has 0 bridgehead atoms. The molecule has 0 aliphatic carbocycles. The van der Waals surface area contributed by atoms with Crippen LogP contribution < -0.4 is 5.73 Å².